The van der Waals surface area contributed by atoms with Crippen molar-refractivity contribution in [1.82, 2.24) is 9.97 Å². The predicted molar refractivity (Wildman–Crippen MR) is 83.7 cm³/mol. The molecule has 1 heterocycles. The Morgan fingerprint density at radius 3 is 2.67 bits per heavy atom. The summed E-state index contributed by atoms with van der Waals surface area (Å²) in [6.45, 7) is 0. The van der Waals surface area contributed by atoms with E-state index in [9.17, 15) is 0 Å². The molecule has 1 N–H and O–H groups in total. The van der Waals surface area contributed by atoms with Crippen molar-refractivity contribution < 1.29 is 4.74 Å². The fourth-order valence-corrected chi connectivity index (χ4v) is 1.95. The number of hydrogen-bond acceptors (Lipinski definition) is 5. The van der Waals surface area contributed by atoms with E-state index in [2.05, 4.69) is 20.5 Å². The van der Waals surface area contributed by atoms with Gasteiger partial charge in [-0.1, -0.05) is 12.1 Å². The summed E-state index contributed by atoms with van der Waals surface area (Å²) in [5, 5.41) is 5.15. The van der Waals surface area contributed by atoms with Crippen molar-refractivity contribution in [3.8, 4) is 5.75 Å². The number of nitrogens with one attached hydrogen (secondary N) is 1. The number of fused-ring (bicyclic) bond motifs is 1. The van der Waals surface area contributed by atoms with E-state index in [1.807, 2.05) is 48.5 Å². The number of anilines is 1. The molecular formula is C16H14N4O. The summed E-state index contributed by atoms with van der Waals surface area (Å²) in [5.74, 6) is 1.51. The van der Waals surface area contributed by atoms with Crippen molar-refractivity contribution in [3.05, 3.63) is 60.4 Å². The Kier molecular flexibility index (Phi) is 3.73. The van der Waals surface area contributed by atoms with Gasteiger partial charge in [0.2, 0.25) is 0 Å². The minimum atomic E-state index is 0.686. The number of nitrogens with zero attached hydrogens (tertiary/aromatic N) is 3. The highest BCUT2D eigenvalue weighted by Gasteiger charge is 2.00. The van der Waals surface area contributed by atoms with E-state index in [1.165, 1.54) is 6.33 Å². The Morgan fingerprint density at radius 2 is 1.86 bits per heavy atom. The molecule has 0 atom stereocenters. The quantitative estimate of drug-likeness (QED) is 0.588. The van der Waals surface area contributed by atoms with E-state index in [0.717, 1.165) is 22.2 Å². The van der Waals surface area contributed by atoms with Gasteiger partial charge in [0.1, 0.15) is 12.1 Å². The number of methoxy groups -OCH3 is 1. The molecule has 0 saturated heterocycles. The molecule has 21 heavy (non-hydrogen) atoms. The van der Waals surface area contributed by atoms with E-state index in [-0.39, 0.29) is 0 Å². The largest absolute Gasteiger partial charge is 0.497 e. The van der Waals surface area contributed by atoms with E-state index in [4.69, 9.17) is 4.74 Å². The van der Waals surface area contributed by atoms with Crippen LogP contribution in [0.5, 0.6) is 5.75 Å². The molecule has 5 heteroatoms. The Hall–Kier alpha value is -2.95. The molecule has 2 aromatic carbocycles. The molecule has 0 aliphatic carbocycles. The number of hydrazone groups is 1. The Labute approximate surface area is 122 Å². The molecule has 0 fully saturated rings. The molecule has 104 valence electrons. The highest BCUT2D eigenvalue weighted by atomic mass is 16.5. The van der Waals surface area contributed by atoms with Gasteiger partial charge in [0.05, 0.1) is 18.8 Å². The molecular weight excluding hydrogens is 264 g/mol. The van der Waals surface area contributed by atoms with Crippen LogP contribution in [0, 0.1) is 0 Å². The number of aromatic nitrogens is 2. The van der Waals surface area contributed by atoms with Crippen molar-refractivity contribution >= 4 is 22.9 Å². The van der Waals surface area contributed by atoms with Gasteiger partial charge in [-0.15, -0.1) is 0 Å². The lowest BCUT2D eigenvalue weighted by Gasteiger charge is -2.03. The number of hydrogen-bond donors (Lipinski definition) is 1. The van der Waals surface area contributed by atoms with Crippen molar-refractivity contribution in [2.75, 3.05) is 12.5 Å². The van der Waals surface area contributed by atoms with Gasteiger partial charge in [-0.2, -0.15) is 5.10 Å². The van der Waals surface area contributed by atoms with Crippen LogP contribution in [0.1, 0.15) is 5.56 Å². The van der Waals surface area contributed by atoms with Crippen molar-refractivity contribution in [2.45, 2.75) is 0 Å². The third-order valence-electron chi connectivity index (χ3n) is 3.04. The van der Waals surface area contributed by atoms with E-state index >= 15 is 0 Å². The van der Waals surface area contributed by atoms with Gasteiger partial charge in [-0.05, 0) is 42.0 Å². The van der Waals surface area contributed by atoms with Gasteiger partial charge in [-0.3, -0.25) is 5.43 Å². The van der Waals surface area contributed by atoms with Crippen molar-refractivity contribution in [2.24, 2.45) is 5.10 Å². The van der Waals surface area contributed by atoms with Crippen LogP contribution in [0.4, 0.5) is 5.82 Å². The monoisotopic (exact) mass is 278 g/mol. The molecule has 0 unspecified atom stereocenters. The topological polar surface area (TPSA) is 59.4 Å². The second kappa shape index (κ2) is 6.00. The molecule has 0 bridgehead atoms. The molecule has 3 rings (SSSR count). The van der Waals surface area contributed by atoms with E-state index < -0.39 is 0 Å². The fourth-order valence-electron chi connectivity index (χ4n) is 1.95. The molecule has 0 aliphatic rings. The molecule has 3 aromatic rings. The van der Waals surface area contributed by atoms with Crippen LogP contribution in [-0.2, 0) is 0 Å². The SMILES string of the molecule is COc1ccc(/C=N/Nc2ncnc3ccccc23)cc1. The molecule has 0 amide bonds. The van der Waals surface area contributed by atoms with Gasteiger partial charge in [0.15, 0.2) is 5.82 Å². The molecule has 0 saturated carbocycles. The second-order valence-corrected chi connectivity index (χ2v) is 4.38. The fraction of sp³-hybridized carbons (Fsp3) is 0.0625. The van der Waals surface area contributed by atoms with Gasteiger partial charge in [-0.25, -0.2) is 9.97 Å². The Balaban J connectivity index is 1.78. The minimum Gasteiger partial charge on any atom is -0.497 e. The van der Waals surface area contributed by atoms with Crippen molar-refractivity contribution in [1.29, 1.82) is 0 Å². The van der Waals surface area contributed by atoms with Crippen LogP contribution in [0.2, 0.25) is 0 Å². The first-order valence-electron chi connectivity index (χ1n) is 6.50. The summed E-state index contributed by atoms with van der Waals surface area (Å²) >= 11 is 0. The predicted octanol–water partition coefficient (Wildman–Crippen LogP) is 3.08. The summed E-state index contributed by atoms with van der Waals surface area (Å²) in [7, 11) is 1.64. The zero-order valence-corrected chi connectivity index (χ0v) is 11.5. The Morgan fingerprint density at radius 1 is 1.05 bits per heavy atom. The zero-order chi connectivity index (χ0) is 14.5. The van der Waals surface area contributed by atoms with Gasteiger partial charge in [0.25, 0.3) is 0 Å². The van der Waals surface area contributed by atoms with E-state index in [0.29, 0.717) is 5.82 Å². The highest BCUT2D eigenvalue weighted by Crippen LogP contribution is 2.18. The summed E-state index contributed by atoms with van der Waals surface area (Å²) in [6.07, 6.45) is 3.25. The number of ether oxygens (including phenoxy) is 1. The third kappa shape index (κ3) is 2.97. The first-order chi connectivity index (χ1) is 10.4. The molecule has 0 aliphatic heterocycles. The maximum Gasteiger partial charge on any atom is 0.157 e. The number of rotatable bonds is 4. The summed E-state index contributed by atoms with van der Waals surface area (Å²) in [5.41, 5.74) is 4.81. The van der Waals surface area contributed by atoms with Crippen LogP contribution in [0.15, 0.2) is 60.0 Å². The Bertz CT molecular complexity index is 763. The van der Waals surface area contributed by atoms with Gasteiger partial charge >= 0.3 is 0 Å². The lowest BCUT2D eigenvalue weighted by atomic mass is 10.2. The first kappa shape index (κ1) is 13.1. The second-order valence-electron chi connectivity index (χ2n) is 4.38. The van der Waals surface area contributed by atoms with Crippen LogP contribution < -0.4 is 10.2 Å². The number of para-hydroxylation sites is 1. The standard InChI is InChI=1S/C16H14N4O/c1-21-13-8-6-12(7-9-13)10-19-20-16-14-4-2-3-5-15(14)17-11-18-16/h2-11H,1H3,(H,17,18,20)/b19-10+. The summed E-state index contributed by atoms with van der Waals surface area (Å²) in [4.78, 5) is 8.42. The zero-order valence-electron chi connectivity index (χ0n) is 11.5. The molecule has 5 nitrogen and oxygen atoms in total. The normalized spacial score (nSPS) is 10.9. The summed E-state index contributed by atoms with van der Waals surface area (Å²) in [6, 6.07) is 15.4. The van der Waals surface area contributed by atoms with Crippen LogP contribution in [-0.4, -0.2) is 23.3 Å². The average molecular weight is 278 g/mol. The molecule has 0 radical (unpaired) electrons. The number of benzene rings is 2. The summed E-state index contributed by atoms with van der Waals surface area (Å²) < 4.78 is 5.11. The van der Waals surface area contributed by atoms with Gasteiger partial charge in [0, 0.05) is 5.39 Å². The maximum absolute atomic E-state index is 5.11. The minimum absolute atomic E-state index is 0.686. The third-order valence-corrected chi connectivity index (χ3v) is 3.04. The molecule has 0 spiro atoms. The highest BCUT2D eigenvalue weighted by molar-refractivity contribution is 5.89. The van der Waals surface area contributed by atoms with Crippen LogP contribution in [0.25, 0.3) is 10.9 Å². The maximum atomic E-state index is 5.11. The van der Waals surface area contributed by atoms with Gasteiger partial charge < -0.3 is 4.74 Å². The van der Waals surface area contributed by atoms with Crippen LogP contribution in [0.3, 0.4) is 0 Å². The van der Waals surface area contributed by atoms with E-state index in [1.54, 1.807) is 13.3 Å². The average Bonchev–Trinajstić information content (AvgIpc) is 2.56. The molecule has 1 aromatic heterocycles. The lowest BCUT2D eigenvalue weighted by molar-refractivity contribution is 0.415. The van der Waals surface area contributed by atoms with Crippen molar-refractivity contribution in [3.63, 3.8) is 0 Å². The van der Waals surface area contributed by atoms with Crippen LogP contribution >= 0.6 is 0 Å². The smallest absolute Gasteiger partial charge is 0.157 e. The lowest BCUT2D eigenvalue weighted by Crippen LogP contribution is -1.95. The first-order valence-corrected chi connectivity index (χ1v) is 6.50.